The molecule has 0 radical (unpaired) electrons. The van der Waals surface area contributed by atoms with Crippen molar-refractivity contribution in [3.63, 3.8) is 0 Å². The zero-order valence-electron chi connectivity index (χ0n) is 11.6. The fraction of sp³-hybridized carbons (Fsp3) is 0.625. The Hall–Kier alpha value is -1.02. The summed E-state index contributed by atoms with van der Waals surface area (Å²) >= 11 is 0. The maximum Gasteiger partial charge on any atom is 0.0382 e. The summed E-state index contributed by atoms with van der Waals surface area (Å²) in [5.74, 6) is 0. The lowest BCUT2D eigenvalue weighted by Gasteiger charge is -2.41. The molecule has 98 valence electrons. The summed E-state index contributed by atoms with van der Waals surface area (Å²) in [5, 5.41) is 3.64. The quantitative estimate of drug-likeness (QED) is 0.859. The van der Waals surface area contributed by atoms with Gasteiger partial charge in [0.05, 0.1) is 0 Å². The molecule has 2 aliphatic heterocycles. The second-order valence-electron chi connectivity index (χ2n) is 6.01. The highest BCUT2D eigenvalue weighted by Crippen LogP contribution is 2.44. The first kappa shape index (κ1) is 12.0. The Balaban J connectivity index is 1.93. The molecule has 2 heterocycles. The third kappa shape index (κ3) is 1.83. The molecule has 0 unspecified atom stereocenters. The van der Waals surface area contributed by atoms with Gasteiger partial charge in [0.15, 0.2) is 0 Å². The van der Waals surface area contributed by atoms with Crippen LogP contribution < -0.4 is 5.32 Å². The largest absolute Gasteiger partial charge is 0.384 e. The zero-order valence-corrected chi connectivity index (χ0v) is 11.6. The first-order valence-corrected chi connectivity index (χ1v) is 7.31. The monoisotopic (exact) mass is 244 g/mol. The van der Waals surface area contributed by atoms with Gasteiger partial charge in [-0.25, -0.2) is 0 Å². The molecule has 1 atom stereocenters. The molecule has 1 N–H and O–H groups in total. The first-order chi connectivity index (χ1) is 8.75. The normalized spacial score (nSPS) is 27.2. The Morgan fingerprint density at radius 2 is 2.28 bits per heavy atom. The van der Waals surface area contributed by atoms with E-state index >= 15 is 0 Å². The number of hydrogen-bond acceptors (Lipinski definition) is 2. The van der Waals surface area contributed by atoms with Gasteiger partial charge in [-0.1, -0.05) is 19.1 Å². The van der Waals surface area contributed by atoms with E-state index in [0.29, 0.717) is 5.41 Å². The molecular weight excluding hydrogens is 220 g/mol. The van der Waals surface area contributed by atoms with E-state index in [9.17, 15) is 0 Å². The van der Waals surface area contributed by atoms with E-state index in [1.165, 1.54) is 50.1 Å². The number of anilines is 1. The van der Waals surface area contributed by atoms with E-state index in [0.717, 1.165) is 6.54 Å². The number of nitrogens with one attached hydrogen (secondary N) is 1. The number of benzene rings is 1. The van der Waals surface area contributed by atoms with Crippen LogP contribution in [0.5, 0.6) is 0 Å². The molecule has 2 nitrogen and oxygen atoms in total. The Morgan fingerprint density at radius 3 is 3.11 bits per heavy atom. The minimum atomic E-state index is 0.383. The maximum absolute atomic E-state index is 3.64. The predicted molar refractivity (Wildman–Crippen MR) is 77.3 cm³/mol. The van der Waals surface area contributed by atoms with Crippen molar-refractivity contribution in [3.8, 4) is 0 Å². The van der Waals surface area contributed by atoms with Crippen LogP contribution in [0.1, 0.15) is 37.3 Å². The molecule has 0 saturated carbocycles. The summed E-state index contributed by atoms with van der Waals surface area (Å²) in [7, 11) is 0. The van der Waals surface area contributed by atoms with Crippen LogP contribution >= 0.6 is 0 Å². The Bertz CT molecular complexity index is 435. The van der Waals surface area contributed by atoms with Crippen LogP contribution in [0, 0.1) is 6.92 Å². The smallest absolute Gasteiger partial charge is 0.0382 e. The van der Waals surface area contributed by atoms with Gasteiger partial charge in [-0.15, -0.1) is 0 Å². The van der Waals surface area contributed by atoms with Gasteiger partial charge in [-0.05, 0) is 56.5 Å². The molecule has 2 aliphatic rings. The Morgan fingerprint density at radius 1 is 1.39 bits per heavy atom. The summed E-state index contributed by atoms with van der Waals surface area (Å²) in [6, 6.07) is 6.69. The van der Waals surface area contributed by atoms with Gasteiger partial charge < -0.3 is 10.2 Å². The summed E-state index contributed by atoms with van der Waals surface area (Å²) < 4.78 is 0. The molecule has 0 amide bonds. The van der Waals surface area contributed by atoms with E-state index in [1.807, 2.05) is 0 Å². The van der Waals surface area contributed by atoms with Gasteiger partial charge in [-0.3, -0.25) is 0 Å². The average molecular weight is 244 g/mol. The molecule has 3 rings (SSSR count). The van der Waals surface area contributed by atoms with Crippen LogP contribution in [-0.4, -0.2) is 31.1 Å². The van der Waals surface area contributed by atoms with E-state index < -0.39 is 0 Å². The average Bonchev–Trinajstić information content (AvgIpc) is 2.70. The fourth-order valence-electron chi connectivity index (χ4n) is 3.95. The van der Waals surface area contributed by atoms with Crippen molar-refractivity contribution in [3.05, 3.63) is 29.3 Å². The molecule has 1 spiro atoms. The van der Waals surface area contributed by atoms with Crippen molar-refractivity contribution in [2.45, 2.75) is 38.5 Å². The Labute approximate surface area is 110 Å². The van der Waals surface area contributed by atoms with Crippen molar-refractivity contribution in [2.24, 2.45) is 0 Å². The number of hydrogen-bond donors (Lipinski definition) is 1. The van der Waals surface area contributed by atoms with Crippen LogP contribution in [0.15, 0.2) is 18.2 Å². The standard InChI is InChI=1S/C16H24N2/c1-3-9-18-10-5-8-16(12-18)11-17-14-7-4-6-13(2)15(14)16/h4,6-7,17H,3,5,8-12H2,1-2H3/t16-/m0/s1. The lowest BCUT2D eigenvalue weighted by molar-refractivity contribution is 0.157. The van der Waals surface area contributed by atoms with Crippen LogP contribution in [0.25, 0.3) is 0 Å². The van der Waals surface area contributed by atoms with Crippen molar-refractivity contribution >= 4 is 5.69 Å². The molecule has 1 saturated heterocycles. The van der Waals surface area contributed by atoms with Crippen LogP contribution in [0.3, 0.4) is 0 Å². The van der Waals surface area contributed by atoms with Gasteiger partial charge in [0.2, 0.25) is 0 Å². The third-order valence-electron chi connectivity index (χ3n) is 4.62. The lowest BCUT2D eigenvalue weighted by atomic mass is 9.74. The van der Waals surface area contributed by atoms with Crippen LogP contribution in [0.4, 0.5) is 5.69 Å². The fourth-order valence-corrected chi connectivity index (χ4v) is 3.95. The highest BCUT2D eigenvalue weighted by molar-refractivity contribution is 5.63. The van der Waals surface area contributed by atoms with E-state index in [1.54, 1.807) is 5.56 Å². The number of nitrogens with zero attached hydrogens (tertiary/aromatic N) is 1. The minimum absolute atomic E-state index is 0.383. The highest BCUT2D eigenvalue weighted by Gasteiger charge is 2.42. The lowest BCUT2D eigenvalue weighted by Crippen LogP contribution is -2.47. The predicted octanol–water partition coefficient (Wildman–Crippen LogP) is 3.16. The molecule has 0 bridgehead atoms. The topological polar surface area (TPSA) is 15.3 Å². The van der Waals surface area contributed by atoms with Gasteiger partial charge >= 0.3 is 0 Å². The molecule has 1 fully saturated rings. The zero-order chi connectivity index (χ0) is 12.6. The highest BCUT2D eigenvalue weighted by atomic mass is 15.1. The molecule has 1 aromatic rings. The number of rotatable bonds is 2. The van der Waals surface area contributed by atoms with E-state index in [2.05, 4.69) is 42.3 Å². The summed E-state index contributed by atoms with van der Waals surface area (Å²) in [5.41, 5.74) is 4.84. The van der Waals surface area contributed by atoms with Gasteiger partial charge in [-0.2, -0.15) is 0 Å². The number of piperidine rings is 1. The van der Waals surface area contributed by atoms with Crippen LogP contribution in [0.2, 0.25) is 0 Å². The molecular formula is C16H24N2. The second-order valence-corrected chi connectivity index (χ2v) is 6.01. The number of aryl methyl sites for hydroxylation is 1. The molecule has 1 aromatic carbocycles. The summed E-state index contributed by atoms with van der Waals surface area (Å²) in [4.78, 5) is 2.66. The van der Waals surface area contributed by atoms with Gasteiger partial charge in [0.25, 0.3) is 0 Å². The van der Waals surface area contributed by atoms with Gasteiger partial charge in [0, 0.05) is 24.2 Å². The Kier molecular flexibility index (Phi) is 3.06. The molecule has 0 aliphatic carbocycles. The summed E-state index contributed by atoms with van der Waals surface area (Å²) in [6.07, 6.45) is 3.96. The molecule has 18 heavy (non-hydrogen) atoms. The van der Waals surface area contributed by atoms with Gasteiger partial charge in [0.1, 0.15) is 0 Å². The van der Waals surface area contributed by atoms with Crippen molar-refractivity contribution in [1.29, 1.82) is 0 Å². The van der Waals surface area contributed by atoms with Crippen molar-refractivity contribution < 1.29 is 0 Å². The van der Waals surface area contributed by atoms with E-state index in [-0.39, 0.29) is 0 Å². The number of fused-ring (bicyclic) bond motifs is 2. The SMILES string of the molecule is CCCN1CCC[C@]2(CNc3cccc(C)c32)C1. The minimum Gasteiger partial charge on any atom is -0.384 e. The summed E-state index contributed by atoms with van der Waals surface area (Å²) in [6.45, 7) is 9.47. The number of likely N-dealkylation sites (tertiary alicyclic amines) is 1. The van der Waals surface area contributed by atoms with Crippen LogP contribution in [-0.2, 0) is 5.41 Å². The molecule has 0 aromatic heterocycles. The van der Waals surface area contributed by atoms with Crippen molar-refractivity contribution in [1.82, 2.24) is 4.90 Å². The van der Waals surface area contributed by atoms with Crippen molar-refractivity contribution in [2.75, 3.05) is 31.5 Å². The maximum atomic E-state index is 3.64. The van der Waals surface area contributed by atoms with E-state index in [4.69, 9.17) is 0 Å². The second kappa shape index (κ2) is 4.58. The molecule has 2 heteroatoms. The third-order valence-corrected chi connectivity index (χ3v) is 4.62. The first-order valence-electron chi connectivity index (χ1n) is 7.31.